The number of carbonyl (C=O) groups excluding carboxylic acids is 1. The Morgan fingerprint density at radius 3 is 2.71 bits per heavy atom. The van der Waals surface area contributed by atoms with Gasteiger partial charge in [0.25, 0.3) is 5.91 Å². The molecule has 1 aromatic carbocycles. The number of nitrogens with two attached hydrogens (primary N) is 1. The van der Waals surface area contributed by atoms with E-state index in [1.54, 1.807) is 35.1 Å². The van der Waals surface area contributed by atoms with Gasteiger partial charge in [-0.1, -0.05) is 12.1 Å². The Morgan fingerprint density at radius 1 is 1.17 bits per heavy atom. The van der Waals surface area contributed by atoms with Crippen LogP contribution < -0.4 is 11.1 Å². The lowest BCUT2D eigenvalue weighted by molar-refractivity contribution is -0.137. The minimum absolute atomic E-state index is 0.0866. The molecular weight excluding hydrogens is 567 g/mol. The molecule has 0 radical (unpaired) electrons. The molecule has 1 atom stereocenters. The molecule has 5 aromatic rings. The first-order chi connectivity index (χ1) is 20.2. The fraction of sp³-hybridized carbons (Fsp3) is 0.250. The number of aromatic nitrogens is 6. The van der Waals surface area contributed by atoms with Gasteiger partial charge in [0, 0.05) is 73.9 Å². The second-order valence-electron chi connectivity index (χ2n) is 9.93. The number of hydrogen-bond acceptors (Lipinski definition) is 8. The van der Waals surface area contributed by atoms with E-state index in [0.717, 1.165) is 60.7 Å². The molecule has 42 heavy (non-hydrogen) atoms. The van der Waals surface area contributed by atoms with Gasteiger partial charge in [-0.3, -0.25) is 18.8 Å². The van der Waals surface area contributed by atoms with Crippen LogP contribution in [0.5, 0.6) is 0 Å². The van der Waals surface area contributed by atoms with Crippen LogP contribution in [0.3, 0.4) is 0 Å². The zero-order valence-electron chi connectivity index (χ0n) is 22.4. The highest BCUT2D eigenvalue weighted by Crippen LogP contribution is 2.37. The van der Waals surface area contributed by atoms with E-state index >= 15 is 0 Å². The maximum atomic E-state index is 13.0. The van der Waals surface area contributed by atoms with Crippen molar-refractivity contribution in [3.8, 4) is 11.3 Å². The standard InChI is InChI=1S/C28H26F3N9OS/c1-38-14-17(13-35-38)15-39-10-11-42-21(16-39)26-37-23(24-25(32)34-8-9-40(24)26)18-2-4-19(5-3-18)27(41)36-22-12-20(6-7-33-22)28(29,30)31/h2-9,12-14,21H,10-11,15-16H2,1H3,(H2,32,34)(H,33,36,41). The number of pyridine rings is 1. The molecule has 3 N–H and O–H groups in total. The summed E-state index contributed by atoms with van der Waals surface area (Å²) in [5.41, 5.74) is 8.86. The Hall–Kier alpha value is -4.43. The summed E-state index contributed by atoms with van der Waals surface area (Å²) in [5, 5.41) is 6.79. The number of nitrogens with one attached hydrogen (secondary N) is 1. The first kappa shape index (κ1) is 27.7. The van der Waals surface area contributed by atoms with Crippen molar-refractivity contribution in [3.05, 3.63) is 89.9 Å². The van der Waals surface area contributed by atoms with E-state index in [4.69, 9.17) is 10.7 Å². The van der Waals surface area contributed by atoms with E-state index in [0.29, 0.717) is 17.0 Å². The van der Waals surface area contributed by atoms with Gasteiger partial charge >= 0.3 is 6.18 Å². The molecule has 1 fully saturated rings. The highest BCUT2D eigenvalue weighted by molar-refractivity contribution is 7.99. The van der Waals surface area contributed by atoms with Crippen LogP contribution in [-0.2, 0) is 19.8 Å². The lowest BCUT2D eigenvalue weighted by Crippen LogP contribution is -2.34. The summed E-state index contributed by atoms with van der Waals surface area (Å²) >= 11 is 1.84. The zero-order chi connectivity index (χ0) is 29.4. The van der Waals surface area contributed by atoms with Crippen LogP contribution in [-0.4, -0.2) is 58.8 Å². The molecule has 6 rings (SSSR count). The smallest absolute Gasteiger partial charge is 0.382 e. The van der Waals surface area contributed by atoms with E-state index < -0.39 is 17.6 Å². The molecule has 5 heterocycles. The summed E-state index contributed by atoms with van der Waals surface area (Å²) in [6.07, 6.45) is 3.86. The topological polar surface area (TPSA) is 119 Å². The van der Waals surface area contributed by atoms with Gasteiger partial charge in [-0.15, -0.1) is 11.8 Å². The number of benzene rings is 1. The molecule has 1 aliphatic rings. The van der Waals surface area contributed by atoms with Gasteiger partial charge in [-0.2, -0.15) is 18.3 Å². The number of nitrogen functional groups attached to an aromatic ring is 1. The number of hydrogen-bond donors (Lipinski definition) is 2. The van der Waals surface area contributed by atoms with Crippen LogP contribution in [0.1, 0.15) is 32.6 Å². The number of thioether (sulfide) groups is 1. The number of amides is 1. The minimum Gasteiger partial charge on any atom is -0.382 e. The van der Waals surface area contributed by atoms with Gasteiger partial charge in [-0.25, -0.2) is 15.0 Å². The molecular formula is C28H26F3N9OS. The van der Waals surface area contributed by atoms with E-state index in [1.807, 2.05) is 41.8 Å². The van der Waals surface area contributed by atoms with E-state index in [1.165, 1.54) is 0 Å². The molecule has 1 aliphatic heterocycles. The number of halogens is 3. The Balaban J connectivity index is 1.25. The molecule has 10 nitrogen and oxygen atoms in total. The first-order valence-electron chi connectivity index (χ1n) is 13.0. The van der Waals surface area contributed by atoms with E-state index in [9.17, 15) is 18.0 Å². The van der Waals surface area contributed by atoms with Gasteiger partial charge in [0.05, 0.1) is 17.0 Å². The largest absolute Gasteiger partial charge is 0.416 e. The molecule has 4 aromatic heterocycles. The van der Waals surface area contributed by atoms with Gasteiger partial charge in [-0.05, 0) is 24.3 Å². The van der Waals surface area contributed by atoms with E-state index in [-0.39, 0.29) is 16.6 Å². The number of rotatable bonds is 6. The van der Waals surface area contributed by atoms with Crippen molar-refractivity contribution >= 4 is 34.8 Å². The van der Waals surface area contributed by atoms with Crippen LogP contribution in [0.15, 0.2) is 67.4 Å². The second-order valence-corrected chi connectivity index (χ2v) is 11.2. The molecule has 0 spiro atoms. The van der Waals surface area contributed by atoms with Crippen LogP contribution in [0.25, 0.3) is 16.8 Å². The molecule has 216 valence electrons. The van der Waals surface area contributed by atoms with Crippen LogP contribution in [0.4, 0.5) is 24.8 Å². The lowest BCUT2D eigenvalue weighted by Gasteiger charge is -2.31. The number of anilines is 2. The van der Waals surface area contributed by atoms with Gasteiger partial charge < -0.3 is 11.1 Å². The number of alkyl halides is 3. The molecule has 14 heteroatoms. The number of imidazole rings is 1. The van der Waals surface area contributed by atoms with Gasteiger partial charge in [0.15, 0.2) is 0 Å². The molecule has 1 saturated heterocycles. The third-order valence-electron chi connectivity index (χ3n) is 6.96. The van der Waals surface area contributed by atoms with Crippen molar-refractivity contribution in [1.29, 1.82) is 0 Å². The predicted octanol–water partition coefficient (Wildman–Crippen LogP) is 4.67. The van der Waals surface area contributed by atoms with Crippen molar-refractivity contribution < 1.29 is 18.0 Å². The molecule has 0 saturated carbocycles. The highest BCUT2D eigenvalue weighted by atomic mass is 32.2. The summed E-state index contributed by atoms with van der Waals surface area (Å²) < 4.78 is 42.9. The first-order valence-corrected chi connectivity index (χ1v) is 14.1. The fourth-order valence-corrected chi connectivity index (χ4v) is 6.25. The summed E-state index contributed by atoms with van der Waals surface area (Å²) in [5.74, 6) is 1.35. The normalized spacial score (nSPS) is 16.1. The Labute approximate surface area is 242 Å². The summed E-state index contributed by atoms with van der Waals surface area (Å²) in [6, 6.07) is 8.27. The fourth-order valence-electron chi connectivity index (χ4n) is 4.97. The minimum atomic E-state index is -4.54. The third-order valence-corrected chi connectivity index (χ3v) is 8.14. The number of fused-ring (bicyclic) bond motifs is 1. The lowest BCUT2D eigenvalue weighted by atomic mass is 10.1. The van der Waals surface area contributed by atoms with Gasteiger partial charge in [0.1, 0.15) is 28.7 Å². The highest BCUT2D eigenvalue weighted by Gasteiger charge is 2.31. The van der Waals surface area contributed by atoms with Crippen LogP contribution in [0, 0.1) is 0 Å². The monoisotopic (exact) mass is 593 g/mol. The molecule has 0 aliphatic carbocycles. The molecule has 1 amide bonds. The summed E-state index contributed by atoms with van der Waals surface area (Å²) in [7, 11) is 1.90. The number of carbonyl (C=O) groups is 1. The number of nitrogens with zero attached hydrogens (tertiary/aromatic N) is 7. The molecule has 0 bridgehead atoms. The summed E-state index contributed by atoms with van der Waals surface area (Å²) in [4.78, 5) is 28.3. The second kappa shape index (κ2) is 11.1. The van der Waals surface area contributed by atoms with Crippen LogP contribution >= 0.6 is 11.8 Å². The van der Waals surface area contributed by atoms with E-state index in [2.05, 4.69) is 25.3 Å². The quantitative estimate of drug-likeness (QED) is 0.292. The predicted molar refractivity (Wildman–Crippen MR) is 154 cm³/mol. The van der Waals surface area contributed by atoms with Crippen molar-refractivity contribution in [2.45, 2.75) is 18.0 Å². The maximum Gasteiger partial charge on any atom is 0.416 e. The van der Waals surface area contributed by atoms with Crippen molar-refractivity contribution in [2.24, 2.45) is 7.05 Å². The zero-order valence-corrected chi connectivity index (χ0v) is 23.2. The average molecular weight is 594 g/mol. The maximum absolute atomic E-state index is 13.0. The number of aryl methyl sites for hydroxylation is 1. The Morgan fingerprint density at radius 2 is 1.98 bits per heavy atom. The van der Waals surface area contributed by atoms with Crippen molar-refractivity contribution in [2.75, 3.05) is 29.9 Å². The van der Waals surface area contributed by atoms with Gasteiger partial charge in [0.2, 0.25) is 0 Å². The van der Waals surface area contributed by atoms with Crippen LogP contribution in [0.2, 0.25) is 0 Å². The summed E-state index contributed by atoms with van der Waals surface area (Å²) in [6.45, 7) is 2.54. The Kier molecular flexibility index (Phi) is 7.33. The Bertz CT molecular complexity index is 1750. The average Bonchev–Trinajstić information content (AvgIpc) is 3.57. The third kappa shape index (κ3) is 5.67. The SMILES string of the molecule is Cn1cc(CN2CCSC(c3nc(-c4ccc(C(=O)Nc5cc(C(F)(F)F)ccn5)cc4)c4c(N)nccn34)C2)cn1. The van der Waals surface area contributed by atoms with Crippen molar-refractivity contribution in [3.63, 3.8) is 0 Å². The van der Waals surface area contributed by atoms with Crippen molar-refractivity contribution in [1.82, 2.24) is 34.0 Å². The molecule has 1 unspecified atom stereocenters.